The molecule has 0 aliphatic rings. The average molecular weight is 226 g/mol. The van der Waals surface area contributed by atoms with E-state index in [0.717, 1.165) is 5.56 Å². The van der Waals surface area contributed by atoms with Gasteiger partial charge in [-0.25, -0.2) is 4.98 Å². The molecule has 1 heterocycles. The lowest BCUT2D eigenvalue weighted by molar-refractivity contribution is -0.118. The number of pyridine rings is 1. The van der Waals surface area contributed by atoms with E-state index in [1.54, 1.807) is 19.4 Å². The molecule has 0 fully saturated rings. The summed E-state index contributed by atoms with van der Waals surface area (Å²) >= 11 is 1.50. The van der Waals surface area contributed by atoms with Crippen LogP contribution in [0.3, 0.4) is 0 Å². The largest absolute Gasteiger partial charge is 0.481 e. The monoisotopic (exact) mass is 226 g/mol. The fourth-order valence-electron chi connectivity index (χ4n) is 1.02. The smallest absolute Gasteiger partial charge is 0.230 e. The van der Waals surface area contributed by atoms with Gasteiger partial charge in [-0.3, -0.25) is 4.79 Å². The number of rotatable bonds is 5. The molecule has 0 radical (unpaired) electrons. The van der Waals surface area contributed by atoms with Crippen LogP contribution >= 0.6 is 11.8 Å². The summed E-state index contributed by atoms with van der Waals surface area (Å²) < 4.78 is 4.93. The Kier molecular flexibility index (Phi) is 4.97. The minimum Gasteiger partial charge on any atom is -0.481 e. The SMILES string of the molecule is COc1ccc(CNC(=O)CSC)cn1. The molecule has 4 nitrogen and oxygen atoms in total. The third kappa shape index (κ3) is 4.20. The summed E-state index contributed by atoms with van der Waals surface area (Å²) in [5.41, 5.74) is 0.963. The summed E-state index contributed by atoms with van der Waals surface area (Å²) in [6, 6.07) is 3.65. The third-order valence-corrected chi connectivity index (χ3v) is 2.32. The number of hydrogen-bond acceptors (Lipinski definition) is 4. The van der Waals surface area contributed by atoms with Crippen LogP contribution in [0.25, 0.3) is 0 Å². The topological polar surface area (TPSA) is 51.2 Å². The molecule has 1 rings (SSSR count). The van der Waals surface area contributed by atoms with Gasteiger partial charge >= 0.3 is 0 Å². The number of ether oxygens (including phenoxy) is 1. The summed E-state index contributed by atoms with van der Waals surface area (Å²) in [5, 5.41) is 2.80. The van der Waals surface area contributed by atoms with Crippen LogP contribution in [0.5, 0.6) is 5.88 Å². The van der Waals surface area contributed by atoms with Crippen molar-refractivity contribution in [1.82, 2.24) is 10.3 Å². The molecule has 1 aromatic heterocycles. The highest BCUT2D eigenvalue weighted by molar-refractivity contribution is 7.99. The number of thioether (sulfide) groups is 1. The van der Waals surface area contributed by atoms with Gasteiger partial charge in [-0.2, -0.15) is 11.8 Å². The predicted octanol–water partition coefficient (Wildman–Crippen LogP) is 1.07. The van der Waals surface area contributed by atoms with Crippen molar-refractivity contribution < 1.29 is 9.53 Å². The Balaban J connectivity index is 2.40. The molecule has 1 aromatic rings. The predicted molar refractivity (Wildman–Crippen MR) is 61.0 cm³/mol. The zero-order valence-corrected chi connectivity index (χ0v) is 9.63. The number of nitrogens with zero attached hydrogens (tertiary/aromatic N) is 1. The van der Waals surface area contributed by atoms with Crippen molar-refractivity contribution in [1.29, 1.82) is 0 Å². The van der Waals surface area contributed by atoms with Gasteiger partial charge in [0.2, 0.25) is 11.8 Å². The molecular formula is C10H14N2O2S. The van der Waals surface area contributed by atoms with Gasteiger partial charge in [-0.05, 0) is 11.8 Å². The van der Waals surface area contributed by atoms with Gasteiger partial charge in [0.15, 0.2) is 0 Å². The molecule has 1 N–H and O–H groups in total. The number of carbonyl (C=O) groups is 1. The zero-order chi connectivity index (χ0) is 11.1. The van der Waals surface area contributed by atoms with E-state index in [2.05, 4.69) is 10.3 Å². The third-order valence-electron chi connectivity index (χ3n) is 1.77. The van der Waals surface area contributed by atoms with Crippen molar-refractivity contribution >= 4 is 17.7 Å². The molecule has 0 saturated carbocycles. The first kappa shape index (κ1) is 11.8. The number of carbonyl (C=O) groups excluding carboxylic acids is 1. The van der Waals surface area contributed by atoms with E-state index in [0.29, 0.717) is 18.2 Å². The Labute approximate surface area is 93.4 Å². The van der Waals surface area contributed by atoms with Crippen LogP contribution in [-0.2, 0) is 11.3 Å². The molecular weight excluding hydrogens is 212 g/mol. The Morgan fingerprint density at radius 1 is 1.60 bits per heavy atom. The minimum atomic E-state index is 0.0401. The lowest BCUT2D eigenvalue weighted by Crippen LogP contribution is -2.24. The molecule has 0 atom stereocenters. The first-order valence-electron chi connectivity index (χ1n) is 4.51. The van der Waals surface area contributed by atoms with Crippen molar-refractivity contribution in [3.63, 3.8) is 0 Å². The van der Waals surface area contributed by atoms with Crippen LogP contribution in [0, 0.1) is 0 Å². The summed E-state index contributed by atoms with van der Waals surface area (Å²) in [6.45, 7) is 0.510. The Morgan fingerprint density at radius 3 is 2.93 bits per heavy atom. The first-order chi connectivity index (χ1) is 7.26. The second kappa shape index (κ2) is 6.29. The van der Waals surface area contributed by atoms with Gasteiger partial charge in [-0.15, -0.1) is 0 Å². The van der Waals surface area contributed by atoms with Crippen LogP contribution in [0.2, 0.25) is 0 Å². The van der Waals surface area contributed by atoms with E-state index in [9.17, 15) is 4.79 Å². The van der Waals surface area contributed by atoms with Crippen LogP contribution in [0.1, 0.15) is 5.56 Å². The van der Waals surface area contributed by atoms with Crippen molar-refractivity contribution in [3.8, 4) is 5.88 Å². The van der Waals surface area contributed by atoms with Crippen LogP contribution in [0.15, 0.2) is 18.3 Å². The molecule has 0 unspecified atom stereocenters. The zero-order valence-electron chi connectivity index (χ0n) is 8.82. The Morgan fingerprint density at radius 2 is 2.40 bits per heavy atom. The van der Waals surface area contributed by atoms with Crippen molar-refractivity contribution in [2.45, 2.75) is 6.54 Å². The van der Waals surface area contributed by atoms with Gasteiger partial charge in [0.25, 0.3) is 0 Å². The van der Waals surface area contributed by atoms with E-state index in [4.69, 9.17) is 4.74 Å². The van der Waals surface area contributed by atoms with E-state index in [1.165, 1.54) is 11.8 Å². The van der Waals surface area contributed by atoms with Crippen molar-refractivity contribution in [2.24, 2.45) is 0 Å². The maximum Gasteiger partial charge on any atom is 0.230 e. The second-order valence-corrected chi connectivity index (χ2v) is 3.78. The van der Waals surface area contributed by atoms with Crippen LogP contribution in [0.4, 0.5) is 0 Å². The molecule has 0 bridgehead atoms. The molecule has 15 heavy (non-hydrogen) atoms. The molecule has 1 amide bonds. The van der Waals surface area contributed by atoms with E-state index in [-0.39, 0.29) is 5.91 Å². The van der Waals surface area contributed by atoms with Crippen LogP contribution < -0.4 is 10.1 Å². The molecule has 0 aliphatic heterocycles. The summed E-state index contributed by atoms with van der Waals surface area (Å²) in [4.78, 5) is 15.2. The number of amides is 1. The quantitative estimate of drug-likeness (QED) is 0.816. The fourth-order valence-corrected chi connectivity index (χ4v) is 1.38. The summed E-state index contributed by atoms with van der Waals surface area (Å²) in [7, 11) is 1.57. The highest BCUT2D eigenvalue weighted by Crippen LogP contribution is 2.06. The van der Waals surface area contributed by atoms with Crippen molar-refractivity contribution in [3.05, 3.63) is 23.9 Å². The van der Waals surface area contributed by atoms with Gasteiger partial charge in [0.1, 0.15) is 0 Å². The van der Waals surface area contributed by atoms with E-state index in [1.807, 2.05) is 12.3 Å². The number of aromatic nitrogens is 1. The van der Waals surface area contributed by atoms with Crippen LogP contribution in [-0.4, -0.2) is 30.0 Å². The minimum absolute atomic E-state index is 0.0401. The lowest BCUT2D eigenvalue weighted by Gasteiger charge is -2.04. The summed E-state index contributed by atoms with van der Waals surface area (Å²) in [6.07, 6.45) is 3.59. The molecule has 82 valence electrons. The Bertz CT molecular complexity index is 314. The average Bonchev–Trinajstić information content (AvgIpc) is 2.27. The second-order valence-electron chi connectivity index (χ2n) is 2.92. The standard InChI is InChI=1S/C10H14N2O2S/c1-14-10-4-3-8(6-12-10)5-11-9(13)7-15-2/h3-4,6H,5,7H2,1-2H3,(H,11,13). The highest BCUT2D eigenvalue weighted by Gasteiger charge is 2.00. The molecule has 0 spiro atoms. The highest BCUT2D eigenvalue weighted by atomic mass is 32.2. The molecule has 0 aromatic carbocycles. The lowest BCUT2D eigenvalue weighted by atomic mass is 10.3. The molecule has 5 heteroatoms. The van der Waals surface area contributed by atoms with Gasteiger partial charge in [0, 0.05) is 18.8 Å². The van der Waals surface area contributed by atoms with Gasteiger partial charge < -0.3 is 10.1 Å². The number of hydrogen-bond donors (Lipinski definition) is 1. The van der Waals surface area contributed by atoms with Gasteiger partial charge in [-0.1, -0.05) is 6.07 Å². The van der Waals surface area contributed by atoms with Gasteiger partial charge in [0.05, 0.1) is 12.9 Å². The molecule has 0 saturated heterocycles. The van der Waals surface area contributed by atoms with E-state index < -0.39 is 0 Å². The number of nitrogens with one attached hydrogen (secondary N) is 1. The normalized spacial score (nSPS) is 9.73. The molecule has 0 aliphatic carbocycles. The van der Waals surface area contributed by atoms with E-state index >= 15 is 0 Å². The number of methoxy groups -OCH3 is 1. The maximum atomic E-state index is 11.2. The Hall–Kier alpha value is -1.23. The van der Waals surface area contributed by atoms with Crippen molar-refractivity contribution in [2.75, 3.05) is 19.1 Å². The fraction of sp³-hybridized carbons (Fsp3) is 0.400. The maximum absolute atomic E-state index is 11.2. The summed E-state index contributed by atoms with van der Waals surface area (Å²) in [5.74, 6) is 1.11. The first-order valence-corrected chi connectivity index (χ1v) is 5.90.